The van der Waals surface area contributed by atoms with Crippen molar-refractivity contribution in [1.29, 1.82) is 0 Å². The van der Waals surface area contributed by atoms with E-state index in [1.807, 2.05) is 6.92 Å². The Bertz CT molecular complexity index is 548. The van der Waals surface area contributed by atoms with Crippen LogP contribution in [0.1, 0.15) is 31.6 Å². The molecule has 0 aromatic carbocycles. The van der Waals surface area contributed by atoms with Gasteiger partial charge in [-0.3, -0.25) is 4.79 Å². The first-order valence-corrected chi connectivity index (χ1v) is 9.06. The third-order valence-corrected chi connectivity index (χ3v) is 5.16. The topological polar surface area (TPSA) is 41.1 Å². The zero-order valence-corrected chi connectivity index (χ0v) is 14.2. The lowest BCUT2D eigenvalue weighted by molar-refractivity contribution is -0.121. The van der Waals surface area contributed by atoms with Crippen LogP contribution in [0.15, 0.2) is 29.0 Å². The predicted octanol–water partition coefficient (Wildman–Crippen LogP) is 3.87. The number of amides is 1. The molecular formula is C16H22N2OS2. The van der Waals surface area contributed by atoms with Gasteiger partial charge in [-0.05, 0) is 36.2 Å². The summed E-state index contributed by atoms with van der Waals surface area (Å²) in [5, 5.41) is 10.6. The maximum atomic E-state index is 11.6. The zero-order chi connectivity index (χ0) is 15.1. The molecule has 1 amide bonds. The van der Waals surface area contributed by atoms with Crippen LogP contribution in [0.5, 0.6) is 0 Å². The summed E-state index contributed by atoms with van der Waals surface area (Å²) in [5.74, 6) is 0.127. The van der Waals surface area contributed by atoms with Crippen molar-refractivity contribution < 1.29 is 4.79 Å². The molecule has 0 fully saturated rings. The van der Waals surface area contributed by atoms with Crippen LogP contribution in [0.3, 0.4) is 0 Å². The van der Waals surface area contributed by atoms with E-state index in [-0.39, 0.29) is 11.9 Å². The van der Waals surface area contributed by atoms with Gasteiger partial charge in [-0.15, -0.1) is 22.7 Å². The number of carbonyl (C=O) groups is 1. The Morgan fingerprint density at radius 2 is 2.24 bits per heavy atom. The van der Waals surface area contributed by atoms with Gasteiger partial charge in [0, 0.05) is 40.9 Å². The minimum atomic E-state index is 0.127. The lowest BCUT2D eigenvalue weighted by atomic mass is 10.2. The molecule has 2 rings (SSSR count). The van der Waals surface area contributed by atoms with Gasteiger partial charge in [0.15, 0.2) is 0 Å². The van der Waals surface area contributed by atoms with Crippen LogP contribution in [0.25, 0.3) is 10.4 Å². The van der Waals surface area contributed by atoms with E-state index in [9.17, 15) is 4.79 Å². The van der Waals surface area contributed by atoms with Crippen molar-refractivity contribution in [3.8, 4) is 10.4 Å². The molecule has 0 radical (unpaired) electrons. The van der Waals surface area contributed by atoms with Crippen molar-refractivity contribution in [2.75, 3.05) is 6.54 Å². The van der Waals surface area contributed by atoms with E-state index in [0.29, 0.717) is 13.0 Å². The Hall–Kier alpha value is -1.17. The molecule has 0 spiro atoms. The second-order valence-electron chi connectivity index (χ2n) is 5.08. The summed E-state index contributed by atoms with van der Waals surface area (Å²) in [6, 6.07) is 6.71. The number of carbonyl (C=O) groups excluding carboxylic acids is 1. The third kappa shape index (κ3) is 5.26. The summed E-state index contributed by atoms with van der Waals surface area (Å²) in [4.78, 5) is 14.3. The van der Waals surface area contributed by atoms with E-state index in [1.165, 1.54) is 15.3 Å². The SMILES string of the molecule is CCC(C)NC(=O)CCNCc1cc(-c2cccs2)cs1. The largest absolute Gasteiger partial charge is 0.354 e. The third-order valence-electron chi connectivity index (χ3n) is 3.31. The Morgan fingerprint density at radius 3 is 2.95 bits per heavy atom. The fourth-order valence-electron chi connectivity index (χ4n) is 1.91. The number of rotatable bonds is 8. The van der Waals surface area contributed by atoms with Gasteiger partial charge in [0.25, 0.3) is 0 Å². The van der Waals surface area contributed by atoms with Crippen LogP contribution in [0.4, 0.5) is 0 Å². The molecule has 2 heterocycles. The van der Waals surface area contributed by atoms with E-state index in [0.717, 1.165) is 13.0 Å². The first-order chi connectivity index (χ1) is 10.2. The molecule has 114 valence electrons. The van der Waals surface area contributed by atoms with Gasteiger partial charge in [-0.1, -0.05) is 13.0 Å². The van der Waals surface area contributed by atoms with Crippen molar-refractivity contribution in [2.45, 2.75) is 39.3 Å². The molecule has 1 atom stereocenters. The van der Waals surface area contributed by atoms with Crippen molar-refractivity contribution in [3.05, 3.63) is 33.8 Å². The van der Waals surface area contributed by atoms with E-state index in [1.54, 1.807) is 22.7 Å². The minimum Gasteiger partial charge on any atom is -0.354 e. The molecule has 3 nitrogen and oxygen atoms in total. The van der Waals surface area contributed by atoms with Crippen molar-refractivity contribution in [2.24, 2.45) is 0 Å². The van der Waals surface area contributed by atoms with Crippen molar-refractivity contribution in [3.63, 3.8) is 0 Å². The van der Waals surface area contributed by atoms with E-state index in [4.69, 9.17) is 0 Å². The smallest absolute Gasteiger partial charge is 0.221 e. The highest BCUT2D eigenvalue weighted by Gasteiger charge is 2.06. The van der Waals surface area contributed by atoms with Gasteiger partial charge < -0.3 is 10.6 Å². The molecule has 0 bridgehead atoms. The Labute approximate surface area is 134 Å². The first kappa shape index (κ1) is 16.2. The monoisotopic (exact) mass is 322 g/mol. The molecule has 5 heteroatoms. The second kappa shape index (κ2) is 8.32. The van der Waals surface area contributed by atoms with E-state index >= 15 is 0 Å². The fraction of sp³-hybridized carbons (Fsp3) is 0.438. The van der Waals surface area contributed by atoms with E-state index in [2.05, 4.69) is 46.5 Å². The average Bonchev–Trinajstić information content (AvgIpc) is 3.14. The predicted molar refractivity (Wildman–Crippen MR) is 91.9 cm³/mol. The highest BCUT2D eigenvalue weighted by molar-refractivity contribution is 7.14. The Balaban J connectivity index is 1.68. The highest BCUT2D eigenvalue weighted by Crippen LogP contribution is 2.29. The molecule has 0 aliphatic rings. The fourth-order valence-corrected chi connectivity index (χ4v) is 3.55. The number of thiophene rings is 2. The van der Waals surface area contributed by atoms with Gasteiger partial charge in [0.2, 0.25) is 5.91 Å². The lowest BCUT2D eigenvalue weighted by Gasteiger charge is -2.11. The molecule has 0 saturated heterocycles. The average molecular weight is 322 g/mol. The van der Waals surface area contributed by atoms with Gasteiger partial charge >= 0.3 is 0 Å². The van der Waals surface area contributed by atoms with Crippen LogP contribution in [-0.4, -0.2) is 18.5 Å². The van der Waals surface area contributed by atoms with Gasteiger partial charge in [-0.2, -0.15) is 0 Å². The van der Waals surface area contributed by atoms with Crippen LogP contribution in [0, 0.1) is 0 Å². The Morgan fingerprint density at radius 1 is 1.38 bits per heavy atom. The van der Waals surface area contributed by atoms with Gasteiger partial charge in [0.1, 0.15) is 0 Å². The normalized spacial score (nSPS) is 12.3. The summed E-state index contributed by atoms with van der Waals surface area (Å²) < 4.78 is 0. The van der Waals surface area contributed by atoms with E-state index < -0.39 is 0 Å². The summed E-state index contributed by atoms with van der Waals surface area (Å²) in [6.07, 6.45) is 1.51. The molecule has 1 unspecified atom stereocenters. The van der Waals surface area contributed by atoms with Crippen LogP contribution < -0.4 is 10.6 Å². The quantitative estimate of drug-likeness (QED) is 0.724. The van der Waals surface area contributed by atoms with Gasteiger partial charge in [-0.25, -0.2) is 0 Å². The van der Waals surface area contributed by atoms with Crippen LogP contribution in [-0.2, 0) is 11.3 Å². The number of nitrogens with one attached hydrogen (secondary N) is 2. The summed E-state index contributed by atoms with van der Waals surface area (Å²) >= 11 is 3.53. The summed E-state index contributed by atoms with van der Waals surface area (Å²) in [6.45, 7) is 5.65. The van der Waals surface area contributed by atoms with Crippen LogP contribution >= 0.6 is 22.7 Å². The number of hydrogen-bond acceptors (Lipinski definition) is 4. The standard InChI is InChI=1S/C16H22N2OS2/c1-3-12(2)18-16(19)6-7-17-10-14-9-13(11-21-14)15-5-4-8-20-15/h4-5,8-9,11-12,17H,3,6-7,10H2,1-2H3,(H,18,19). The lowest BCUT2D eigenvalue weighted by Crippen LogP contribution is -2.33. The summed E-state index contributed by atoms with van der Waals surface area (Å²) in [5.41, 5.74) is 1.29. The molecule has 2 aromatic heterocycles. The summed E-state index contributed by atoms with van der Waals surface area (Å²) in [7, 11) is 0. The molecule has 0 aliphatic carbocycles. The number of hydrogen-bond donors (Lipinski definition) is 2. The molecule has 2 N–H and O–H groups in total. The van der Waals surface area contributed by atoms with Crippen molar-refractivity contribution in [1.82, 2.24) is 10.6 Å². The molecule has 0 saturated carbocycles. The molecule has 2 aromatic rings. The Kier molecular flexibility index (Phi) is 6.42. The maximum absolute atomic E-state index is 11.6. The highest BCUT2D eigenvalue weighted by atomic mass is 32.1. The first-order valence-electron chi connectivity index (χ1n) is 7.30. The molecule has 0 aliphatic heterocycles. The molecular weight excluding hydrogens is 300 g/mol. The van der Waals surface area contributed by atoms with Crippen LogP contribution in [0.2, 0.25) is 0 Å². The second-order valence-corrected chi connectivity index (χ2v) is 7.03. The molecule has 21 heavy (non-hydrogen) atoms. The minimum absolute atomic E-state index is 0.127. The van der Waals surface area contributed by atoms with Crippen molar-refractivity contribution >= 4 is 28.6 Å². The van der Waals surface area contributed by atoms with Gasteiger partial charge in [0.05, 0.1) is 0 Å². The maximum Gasteiger partial charge on any atom is 0.221 e. The zero-order valence-electron chi connectivity index (χ0n) is 12.5.